The molecule has 0 radical (unpaired) electrons. The Morgan fingerprint density at radius 2 is 2.37 bits per heavy atom. The second-order valence-corrected chi connectivity index (χ2v) is 6.59. The molecular formula is C12H21N5OS. The Kier molecular flexibility index (Phi) is 4.68. The molecule has 1 atom stereocenters. The number of guanidine groups is 1. The van der Waals surface area contributed by atoms with Crippen molar-refractivity contribution in [1.29, 1.82) is 0 Å². The quantitative estimate of drug-likeness (QED) is 0.641. The van der Waals surface area contributed by atoms with Gasteiger partial charge < -0.3 is 15.2 Å². The van der Waals surface area contributed by atoms with E-state index in [0.29, 0.717) is 23.0 Å². The van der Waals surface area contributed by atoms with Crippen LogP contribution in [0.1, 0.15) is 31.5 Å². The fraction of sp³-hybridized carbons (Fsp3) is 0.750. The lowest BCUT2D eigenvalue weighted by Crippen LogP contribution is -2.43. The molecule has 0 aromatic carbocycles. The van der Waals surface area contributed by atoms with Crippen molar-refractivity contribution in [3.8, 4) is 0 Å². The maximum absolute atomic E-state index is 4.92. The Balaban J connectivity index is 1.77. The van der Waals surface area contributed by atoms with Crippen LogP contribution in [-0.4, -0.2) is 40.2 Å². The van der Waals surface area contributed by atoms with E-state index in [1.807, 2.05) is 11.8 Å². The Morgan fingerprint density at radius 3 is 2.95 bits per heavy atom. The smallest absolute Gasteiger partial charge is 0.223 e. The van der Waals surface area contributed by atoms with Gasteiger partial charge in [0.2, 0.25) is 5.89 Å². The summed E-state index contributed by atoms with van der Waals surface area (Å²) in [7, 11) is 1.76. The molecule has 19 heavy (non-hydrogen) atoms. The first-order valence-corrected chi connectivity index (χ1v) is 7.47. The third kappa shape index (κ3) is 4.12. The van der Waals surface area contributed by atoms with Crippen LogP contribution in [0.25, 0.3) is 0 Å². The summed E-state index contributed by atoms with van der Waals surface area (Å²) in [6.45, 7) is 5.51. The fourth-order valence-corrected chi connectivity index (χ4v) is 3.29. The number of aliphatic imine (C=N–C) groups is 1. The first kappa shape index (κ1) is 14.2. The second kappa shape index (κ2) is 6.27. The third-order valence-corrected chi connectivity index (χ3v) is 4.68. The summed E-state index contributed by atoms with van der Waals surface area (Å²) in [6, 6.07) is 0. The standard InChI is InChI=1S/C12H21N5OS/c1-9-16-10(17-18-9)7-14-11(13-3)15-8-12(2)5-4-6-19-12/h4-8H2,1-3H3,(H2,13,14,15). The minimum Gasteiger partial charge on any atom is -0.355 e. The Bertz CT molecular complexity index is 439. The van der Waals surface area contributed by atoms with Crippen LogP contribution in [0, 0.1) is 6.92 Å². The predicted octanol–water partition coefficient (Wildman–Crippen LogP) is 1.33. The fourth-order valence-electron chi connectivity index (χ4n) is 2.04. The van der Waals surface area contributed by atoms with Crippen LogP contribution in [0.5, 0.6) is 0 Å². The number of rotatable bonds is 4. The topological polar surface area (TPSA) is 75.3 Å². The van der Waals surface area contributed by atoms with Crippen LogP contribution in [0.15, 0.2) is 9.52 Å². The van der Waals surface area contributed by atoms with Crippen molar-refractivity contribution in [2.75, 3.05) is 19.3 Å². The van der Waals surface area contributed by atoms with Gasteiger partial charge in [-0.2, -0.15) is 16.7 Å². The van der Waals surface area contributed by atoms with E-state index in [1.165, 1.54) is 18.6 Å². The van der Waals surface area contributed by atoms with E-state index < -0.39 is 0 Å². The number of nitrogens with zero attached hydrogens (tertiary/aromatic N) is 3. The van der Waals surface area contributed by atoms with Crippen molar-refractivity contribution in [2.24, 2.45) is 4.99 Å². The van der Waals surface area contributed by atoms with Crippen LogP contribution in [0.3, 0.4) is 0 Å². The van der Waals surface area contributed by atoms with Crippen LogP contribution in [-0.2, 0) is 6.54 Å². The predicted molar refractivity (Wildman–Crippen MR) is 77.3 cm³/mol. The summed E-state index contributed by atoms with van der Waals surface area (Å²) in [5, 5.41) is 10.4. The zero-order valence-electron chi connectivity index (χ0n) is 11.7. The SMILES string of the molecule is CN=C(NCc1noc(C)n1)NCC1(C)CCCS1. The van der Waals surface area contributed by atoms with Gasteiger partial charge in [0.1, 0.15) is 0 Å². The molecule has 2 N–H and O–H groups in total. The minimum atomic E-state index is 0.320. The van der Waals surface area contributed by atoms with Gasteiger partial charge in [-0.15, -0.1) is 0 Å². The van der Waals surface area contributed by atoms with E-state index in [4.69, 9.17) is 4.52 Å². The Hall–Kier alpha value is -1.24. The molecular weight excluding hydrogens is 262 g/mol. The molecule has 1 unspecified atom stereocenters. The summed E-state index contributed by atoms with van der Waals surface area (Å²) in [4.78, 5) is 8.34. The highest BCUT2D eigenvalue weighted by Crippen LogP contribution is 2.36. The van der Waals surface area contributed by atoms with Gasteiger partial charge in [-0.1, -0.05) is 5.16 Å². The van der Waals surface area contributed by atoms with Gasteiger partial charge in [0, 0.05) is 25.3 Å². The van der Waals surface area contributed by atoms with Gasteiger partial charge in [0.05, 0.1) is 6.54 Å². The molecule has 1 saturated heterocycles. The molecule has 2 rings (SSSR count). The van der Waals surface area contributed by atoms with Crippen molar-refractivity contribution in [1.82, 2.24) is 20.8 Å². The summed E-state index contributed by atoms with van der Waals surface area (Å²) < 4.78 is 5.24. The van der Waals surface area contributed by atoms with Gasteiger partial charge in [-0.3, -0.25) is 4.99 Å². The molecule has 1 aliphatic heterocycles. The van der Waals surface area contributed by atoms with Gasteiger partial charge >= 0.3 is 0 Å². The number of hydrogen-bond acceptors (Lipinski definition) is 5. The summed E-state index contributed by atoms with van der Waals surface area (Å²) in [5.74, 6) is 3.25. The Labute approximate surface area is 117 Å². The molecule has 7 heteroatoms. The van der Waals surface area contributed by atoms with E-state index in [-0.39, 0.29) is 0 Å². The molecule has 0 saturated carbocycles. The molecule has 0 amide bonds. The maximum Gasteiger partial charge on any atom is 0.223 e. The largest absolute Gasteiger partial charge is 0.355 e. The Morgan fingerprint density at radius 1 is 1.53 bits per heavy atom. The summed E-state index contributed by atoms with van der Waals surface area (Å²) in [6.07, 6.45) is 2.56. The van der Waals surface area contributed by atoms with E-state index in [0.717, 1.165) is 12.5 Å². The third-order valence-electron chi connectivity index (χ3n) is 3.14. The highest BCUT2D eigenvalue weighted by molar-refractivity contribution is 8.00. The van der Waals surface area contributed by atoms with Crippen LogP contribution < -0.4 is 10.6 Å². The van der Waals surface area contributed by atoms with Crippen molar-refractivity contribution in [2.45, 2.75) is 38.0 Å². The zero-order valence-corrected chi connectivity index (χ0v) is 12.5. The number of aryl methyl sites for hydroxylation is 1. The van der Waals surface area contributed by atoms with Crippen LogP contribution >= 0.6 is 11.8 Å². The molecule has 0 spiro atoms. The number of hydrogen-bond donors (Lipinski definition) is 2. The van der Waals surface area contributed by atoms with E-state index >= 15 is 0 Å². The highest BCUT2D eigenvalue weighted by atomic mass is 32.2. The van der Waals surface area contributed by atoms with Gasteiger partial charge in [0.15, 0.2) is 11.8 Å². The first-order chi connectivity index (χ1) is 9.11. The summed E-state index contributed by atoms with van der Waals surface area (Å²) in [5.41, 5.74) is 0. The van der Waals surface area contributed by atoms with Crippen molar-refractivity contribution < 1.29 is 4.52 Å². The zero-order chi connectivity index (χ0) is 13.7. The highest BCUT2D eigenvalue weighted by Gasteiger charge is 2.29. The molecule has 1 aromatic heterocycles. The van der Waals surface area contributed by atoms with E-state index in [2.05, 4.69) is 32.7 Å². The molecule has 6 nitrogen and oxygen atoms in total. The average Bonchev–Trinajstić information content (AvgIpc) is 2.99. The van der Waals surface area contributed by atoms with E-state index in [9.17, 15) is 0 Å². The average molecular weight is 283 g/mol. The first-order valence-electron chi connectivity index (χ1n) is 6.49. The van der Waals surface area contributed by atoms with Crippen LogP contribution in [0.4, 0.5) is 0 Å². The second-order valence-electron chi connectivity index (χ2n) is 4.91. The molecule has 1 fully saturated rings. The molecule has 0 aliphatic carbocycles. The molecule has 1 aliphatic rings. The van der Waals surface area contributed by atoms with Gasteiger partial charge in [-0.25, -0.2) is 0 Å². The molecule has 0 bridgehead atoms. The lowest BCUT2D eigenvalue weighted by atomic mass is 10.1. The number of thioether (sulfide) groups is 1. The van der Waals surface area contributed by atoms with Crippen molar-refractivity contribution in [3.05, 3.63) is 11.7 Å². The lowest BCUT2D eigenvalue weighted by molar-refractivity contribution is 0.386. The van der Waals surface area contributed by atoms with Crippen LogP contribution in [0.2, 0.25) is 0 Å². The number of nitrogens with one attached hydrogen (secondary N) is 2. The van der Waals surface area contributed by atoms with Crippen molar-refractivity contribution >= 4 is 17.7 Å². The summed E-state index contributed by atoms with van der Waals surface area (Å²) >= 11 is 2.03. The molecule has 106 valence electrons. The van der Waals surface area contributed by atoms with E-state index in [1.54, 1.807) is 14.0 Å². The van der Waals surface area contributed by atoms with Gasteiger partial charge in [-0.05, 0) is 25.5 Å². The lowest BCUT2D eigenvalue weighted by Gasteiger charge is -2.24. The number of aromatic nitrogens is 2. The van der Waals surface area contributed by atoms with Crippen molar-refractivity contribution in [3.63, 3.8) is 0 Å². The minimum absolute atomic E-state index is 0.320. The normalized spacial score (nSPS) is 23.6. The van der Waals surface area contributed by atoms with Gasteiger partial charge in [0.25, 0.3) is 0 Å². The monoisotopic (exact) mass is 283 g/mol. The molecule has 2 heterocycles. The maximum atomic E-state index is 4.92. The molecule has 1 aromatic rings.